The van der Waals surface area contributed by atoms with Gasteiger partial charge in [-0.1, -0.05) is 11.6 Å². The molecule has 3 N–H and O–H groups in total. The molecule has 10 heteroatoms. The molecule has 0 aliphatic carbocycles. The van der Waals surface area contributed by atoms with Crippen molar-refractivity contribution >= 4 is 35.0 Å². The Kier molecular flexibility index (Phi) is 6.54. The molecule has 0 bridgehead atoms. The van der Waals surface area contributed by atoms with E-state index < -0.39 is 11.6 Å². The van der Waals surface area contributed by atoms with Gasteiger partial charge in [-0.2, -0.15) is 4.98 Å². The molecule has 0 saturated carbocycles. The zero-order valence-corrected chi connectivity index (χ0v) is 20.1. The molecule has 1 saturated heterocycles. The van der Waals surface area contributed by atoms with Gasteiger partial charge in [0.05, 0.1) is 31.0 Å². The van der Waals surface area contributed by atoms with Crippen molar-refractivity contribution in [3.8, 4) is 5.75 Å². The van der Waals surface area contributed by atoms with E-state index in [1.54, 1.807) is 6.92 Å². The maximum atomic E-state index is 12.7. The van der Waals surface area contributed by atoms with Gasteiger partial charge in [0.2, 0.25) is 11.5 Å². The number of esters is 1. The number of nitrogen functional groups attached to an aromatic ring is 1. The van der Waals surface area contributed by atoms with E-state index in [-0.39, 0.29) is 24.6 Å². The van der Waals surface area contributed by atoms with Gasteiger partial charge in [-0.05, 0) is 51.8 Å². The molecule has 178 valence electrons. The summed E-state index contributed by atoms with van der Waals surface area (Å²) in [4.78, 5) is 23.4. The SMILES string of the molecule is Cc1cc(N2CCCOCC2c2cc3c(cc2Cl)NC[C@@](C)(C(=O)OC(C)C)O3)nc(N)n1. The van der Waals surface area contributed by atoms with E-state index in [0.29, 0.717) is 36.3 Å². The summed E-state index contributed by atoms with van der Waals surface area (Å²) < 4.78 is 17.5. The number of aromatic nitrogens is 2. The van der Waals surface area contributed by atoms with E-state index in [1.165, 1.54) is 0 Å². The van der Waals surface area contributed by atoms with Gasteiger partial charge in [0.25, 0.3) is 0 Å². The van der Waals surface area contributed by atoms with Crippen LogP contribution in [0.25, 0.3) is 0 Å². The summed E-state index contributed by atoms with van der Waals surface area (Å²) in [5, 5.41) is 3.82. The number of benzene rings is 1. The summed E-state index contributed by atoms with van der Waals surface area (Å²) in [7, 11) is 0. The summed E-state index contributed by atoms with van der Waals surface area (Å²) in [6.45, 7) is 9.26. The highest BCUT2D eigenvalue weighted by Gasteiger charge is 2.42. The molecule has 2 aliphatic rings. The average molecular weight is 476 g/mol. The van der Waals surface area contributed by atoms with Crippen molar-refractivity contribution in [3.63, 3.8) is 0 Å². The monoisotopic (exact) mass is 475 g/mol. The highest BCUT2D eigenvalue weighted by molar-refractivity contribution is 6.31. The third kappa shape index (κ3) is 4.94. The van der Waals surface area contributed by atoms with Crippen LogP contribution in [-0.2, 0) is 14.3 Å². The van der Waals surface area contributed by atoms with Crippen molar-refractivity contribution in [2.75, 3.05) is 42.3 Å². The van der Waals surface area contributed by atoms with Gasteiger partial charge in [0.15, 0.2) is 0 Å². The molecule has 1 fully saturated rings. The van der Waals surface area contributed by atoms with E-state index in [9.17, 15) is 4.79 Å². The molecule has 1 unspecified atom stereocenters. The molecule has 9 nitrogen and oxygen atoms in total. The van der Waals surface area contributed by atoms with Gasteiger partial charge < -0.3 is 30.2 Å². The molecule has 33 heavy (non-hydrogen) atoms. The summed E-state index contributed by atoms with van der Waals surface area (Å²) in [5.41, 5.74) is 7.09. The molecule has 0 amide bonds. The van der Waals surface area contributed by atoms with Gasteiger partial charge in [-0.3, -0.25) is 0 Å². The predicted molar refractivity (Wildman–Crippen MR) is 127 cm³/mol. The first-order chi connectivity index (χ1) is 15.7. The normalized spacial score (nSPS) is 22.7. The molecule has 4 rings (SSSR count). The van der Waals surface area contributed by atoms with Crippen LogP contribution in [0.4, 0.5) is 17.5 Å². The molecule has 1 aromatic heterocycles. The first-order valence-corrected chi connectivity index (χ1v) is 11.5. The second-order valence-corrected chi connectivity index (χ2v) is 9.28. The van der Waals surface area contributed by atoms with Crippen molar-refractivity contribution in [3.05, 3.63) is 34.5 Å². The van der Waals surface area contributed by atoms with E-state index in [1.807, 2.05) is 39.0 Å². The van der Waals surface area contributed by atoms with Crippen LogP contribution in [0.15, 0.2) is 18.2 Å². The number of hydrogen-bond donors (Lipinski definition) is 2. The van der Waals surface area contributed by atoms with Crippen LogP contribution >= 0.6 is 11.6 Å². The van der Waals surface area contributed by atoms with Crippen LogP contribution in [0.2, 0.25) is 5.02 Å². The molecule has 2 atom stereocenters. The average Bonchev–Trinajstić information content (AvgIpc) is 2.98. The lowest BCUT2D eigenvalue weighted by Crippen LogP contribution is -2.51. The predicted octanol–water partition coefficient (Wildman–Crippen LogP) is 3.50. The Labute approximate surface area is 198 Å². The van der Waals surface area contributed by atoms with Crippen LogP contribution in [0.5, 0.6) is 5.75 Å². The Hall–Kier alpha value is -2.78. The number of nitrogens with two attached hydrogens (primary N) is 1. The second-order valence-electron chi connectivity index (χ2n) is 8.87. The Morgan fingerprint density at radius 3 is 2.88 bits per heavy atom. The number of rotatable bonds is 4. The highest BCUT2D eigenvalue weighted by Crippen LogP contribution is 2.42. The van der Waals surface area contributed by atoms with Crippen LogP contribution < -0.4 is 20.7 Å². The minimum absolute atomic E-state index is 0.220. The van der Waals surface area contributed by atoms with Gasteiger partial charge in [-0.25, -0.2) is 9.78 Å². The third-order valence-corrected chi connectivity index (χ3v) is 6.00. The van der Waals surface area contributed by atoms with Gasteiger partial charge in [0, 0.05) is 29.9 Å². The van der Waals surface area contributed by atoms with E-state index in [2.05, 4.69) is 20.2 Å². The standard InChI is InChI=1S/C23H30ClN5O4/c1-13(2)32-21(30)23(4)12-26-17-10-16(24)15(9-19(17)33-23)18-11-31-7-5-6-29(18)20-8-14(3)27-22(25)28-20/h8-10,13,18,26H,5-7,11-12H2,1-4H3,(H2,25,27,28)/t18?,23-/m0/s1. The van der Waals surface area contributed by atoms with Crippen molar-refractivity contribution in [1.29, 1.82) is 0 Å². The zero-order chi connectivity index (χ0) is 23.8. The minimum Gasteiger partial charge on any atom is -0.472 e. The summed E-state index contributed by atoms with van der Waals surface area (Å²) in [6.07, 6.45) is 0.597. The number of aryl methyl sites for hydroxylation is 1. The lowest BCUT2D eigenvalue weighted by molar-refractivity contribution is -0.164. The maximum absolute atomic E-state index is 12.7. The first-order valence-electron chi connectivity index (χ1n) is 11.1. The Morgan fingerprint density at radius 2 is 2.15 bits per heavy atom. The number of ether oxygens (including phenoxy) is 3. The number of carbonyl (C=O) groups excluding carboxylic acids is 1. The number of nitrogens with one attached hydrogen (secondary N) is 1. The fourth-order valence-electron chi connectivity index (χ4n) is 4.07. The summed E-state index contributed by atoms with van der Waals surface area (Å²) in [6, 6.07) is 5.37. The smallest absolute Gasteiger partial charge is 0.352 e. The van der Waals surface area contributed by atoms with Crippen molar-refractivity contribution in [2.45, 2.75) is 51.9 Å². The fourth-order valence-corrected chi connectivity index (χ4v) is 4.36. The number of halogens is 1. The van der Waals surface area contributed by atoms with Gasteiger partial charge >= 0.3 is 5.97 Å². The Balaban J connectivity index is 1.70. The lowest BCUT2D eigenvalue weighted by atomic mass is 10.0. The topological polar surface area (TPSA) is 112 Å². The van der Waals surface area contributed by atoms with Crippen molar-refractivity contribution < 1.29 is 19.0 Å². The number of nitrogens with zero attached hydrogens (tertiary/aromatic N) is 3. The number of hydrogen-bond acceptors (Lipinski definition) is 9. The highest BCUT2D eigenvalue weighted by atomic mass is 35.5. The van der Waals surface area contributed by atoms with Gasteiger partial charge in [0.1, 0.15) is 11.6 Å². The Bertz CT molecular complexity index is 1030. The van der Waals surface area contributed by atoms with Crippen LogP contribution in [0.3, 0.4) is 0 Å². The van der Waals surface area contributed by atoms with Crippen LogP contribution in [0, 0.1) is 6.92 Å². The molecule has 2 aliphatic heterocycles. The van der Waals surface area contributed by atoms with Crippen molar-refractivity contribution in [1.82, 2.24) is 9.97 Å². The number of carbonyl (C=O) groups is 1. The molecule has 2 aromatic rings. The zero-order valence-electron chi connectivity index (χ0n) is 19.4. The fraction of sp³-hybridized carbons (Fsp3) is 0.522. The van der Waals surface area contributed by atoms with Crippen LogP contribution in [0.1, 0.15) is 44.5 Å². The van der Waals surface area contributed by atoms with Gasteiger partial charge in [-0.15, -0.1) is 0 Å². The van der Waals surface area contributed by atoms with E-state index >= 15 is 0 Å². The minimum atomic E-state index is -1.15. The first kappa shape index (κ1) is 23.4. The molecule has 3 heterocycles. The van der Waals surface area contributed by atoms with Crippen molar-refractivity contribution in [2.24, 2.45) is 0 Å². The quantitative estimate of drug-likeness (QED) is 0.641. The maximum Gasteiger partial charge on any atom is 0.352 e. The molecular weight excluding hydrogens is 446 g/mol. The largest absolute Gasteiger partial charge is 0.472 e. The van der Waals surface area contributed by atoms with E-state index in [4.69, 9.17) is 31.5 Å². The molecule has 1 aromatic carbocycles. The Morgan fingerprint density at radius 1 is 1.36 bits per heavy atom. The number of fused-ring (bicyclic) bond motifs is 1. The summed E-state index contributed by atoms with van der Waals surface area (Å²) >= 11 is 6.74. The molecule has 0 spiro atoms. The number of anilines is 3. The molecular formula is C23H30ClN5O4. The second kappa shape index (κ2) is 9.23. The summed E-state index contributed by atoms with van der Waals surface area (Å²) in [5.74, 6) is 1.05. The third-order valence-electron chi connectivity index (χ3n) is 5.68. The van der Waals surface area contributed by atoms with E-state index in [0.717, 1.165) is 23.4 Å². The molecule has 0 radical (unpaired) electrons. The lowest BCUT2D eigenvalue weighted by Gasteiger charge is -2.36. The van der Waals surface area contributed by atoms with Crippen LogP contribution in [-0.4, -0.2) is 53.9 Å².